The molecule has 2 aromatic carbocycles. The van der Waals surface area contributed by atoms with Crippen molar-refractivity contribution < 1.29 is 19.2 Å². The van der Waals surface area contributed by atoms with Gasteiger partial charge in [0.1, 0.15) is 17.1 Å². The summed E-state index contributed by atoms with van der Waals surface area (Å²) in [5, 5.41) is 9.50. The molecule has 5 heteroatoms. The van der Waals surface area contributed by atoms with E-state index in [1.54, 1.807) is 18.2 Å². The molecule has 2 rings (SSSR count). The van der Waals surface area contributed by atoms with Crippen molar-refractivity contribution in [2.75, 3.05) is 7.11 Å². The Bertz CT molecular complexity index is 655. The second-order valence-corrected chi connectivity index (χ2v) is 6.20. The van der Waals surface area contributed by atoms with Crippen LogP contribution in [0.4, 0.5) is 0 Å². The summed E-state index contributed by atoms with van der Waals surface area (Å²) in [4.78, 5) is 12.3. The highest BCUT2D eigenvalue weighted by molar-refractivity contribution is 7.90. The summed E-state index contributed by atoms with van der Waals surface area (Å²) >= 11 is -1.30. The van der Waals surface area contributed by atoms with Crippen molar-refractivity contribution >= 4 is 17.1 Å². The monoisotopic (exact) mass is 318 g/mol. The number of aromatic carboxylic acids is 1. The first-order valence-electron chi connectivity index (χ1n) is 6.94. The minimum Gasteiger partial charge on any atom is -0.611 e. The van der Waals surface area contributed by atoms with E-state index in [1.807, 2.05) is 31.2 Å². The van der Waals surface area contributed by atoms with Crippen LogP contribution in [0, 0.1) is 0 Å². The van der Waals surface area contributed by atoms with E-state index < -0.39 is 17.1 Å². The van der Waals surface area contributed by atoms with E-state index in [1.165, 1.54) is 7.11 Å². The van der Waals surface area contributed by atoms with Gasteiger partial charge in [-0.1, -0.05) is 37.3 Å². The molecular weight excluding hydrogens is 300 g/mol. The molecule has 1 N–H and O–H groups in total. The summed E-state index contributed by atoms with van der Waals surface area (Å²) in [5.41, 5.74) is 1.45. The predicted octanol–water partition coefficient (Wildman–Crippen LogP) is 3.26. The SMILES string of the molecule is CCc1ccc(C[S+]([O-])c2ccccc2)c(C(=O)O)c1OC. The molecule has 4 nitrogen and oxygen atoms in total. The minimum atomic E-state index is -1.30. The molecule has 2 aromatic rings. The molecule has 0 bridgehead atoms. The van der Waals surface area contributed by atoms with Crippen molar-refractivity contribution in [3.8, 4) is 5.75 Å². The molecular formula is C17H18O4S. The Labute approximate surface area is 132 Å². The second kappa shape index (κ2) is 7.33. The van der Waals surface area contributed by atoms with Gasteiger partial charge in [-0.25, -0.2) is 4.79 Å². The van der Waals surface area contributed by atoms with Gasteiger partial charge in [0.05, 0.1) is 7.11 Å². The van der Waals surface area contributed by atoms with Crippen molar-refractivity contribution in [2.45, 2.75) is 24.0 Å². The third kappa shape index (κ3) is 3.43. The fourth-order valence-electron chi connectivity index (χ4n) is 2.33. The van der Waals surface area contributed by atoms with Gasteiger partial charge in [0.15, 0.2) is 4.90 Å². The van der Waals surface area contributed by atoms with Crippen LogP contribution in [-0.2, 0) is 23.3 Å². The number of methoxy groups -OCH3 is 1. The highest BCUT2D eigenvalue weighted by Gasteiger charge is 2.23. The number of hydrogen-bond acceptors (Lipinski definition) is 3. The number of aryl methyl sites for hydroxylation is 1. The van der Waals surface area contributed by atoms with Gasteiger partial charge < -0.3 is 14.4 Å². The summed E-state index contributed by atoms with van der Waals surface area (Å²) in [7, 11) is 1.46. The lowest BCUT2D eigenvalue weighted by Crippen LogP contribution is -2.12. The number of ether oxygens (including phenoxy) is 1. The zero-order chi connectivity index (χ0) is 16.1. The normalized spacial score (nSPS) is 12.0. The largest absolute Gasteiger partial charge is 0.611 e. The van der Waals surface area contributed by atoms with Crippen LogP contribution in [0.3, 0.4) is 0 Å². The van der Waals surface area contributed by atoms with Gasteiger partial charge in [0, 0.05) is 5.56 Å². The summed E-state index contributed by atoms with van der Waals surface area (Å²) < 4.78 is 17.7. The van der Waals surface area contributed by atoms with Crippen LogP contribution in [0.5, 0.6) is 5.75 Å². The zero-order valence-corrected chi connectivity index (χ0v) is 13.4. The quantitative estimate of drug-likeness (QED) is 0.830. The van der Waals surface area contributed by atoms with Crippen molar-refractivity contribution in [2.24, 2.45) is 0 Å². The van der Waals surface area contributed by atoms with Crippen LogP contribution in [0.1, 0.15) is 28.4 Å². The van der Waals surface area contributed by atoms with Gasteiger partial charge in [0.2, 0.25) is 0 Å². The molecule has 0 fully saturated rings. The number of carboxylic acids is 1. The van der Waals surface area contributed by atoms with Crippen LogP contribution in [0.15, 0.2) is 47.4 Å². The van der Waals surface area contributed by atoms with Crippen LogP contribution < -0.4 is 4.74 Å². The van der Waals surface area contributed by atoms with Crippen LogP contribution in [0.25, 0.3) is 0 Å². The number of hydrogen-bond donors (Lipinski definition) is 1. The first-order valence-corrected chi connectivity index (χ1v) is 8.25. The standard InChI is InChI=1S/C17H18O4S/c1-3-12-9-10-13(15(17(18)19)16(12)21-2)11-22(20)14-7-5-4-6-8-14/h4-10H,3,11H2,1-2H3,(H,18,19). The fraction of sp³-hybridized carbons (Fsp3) is 0.235. The average molecular weight is 318 g/mol. The van der Waals surface area contributed by atoms with E-state index in [2.05, 4.69) is 0 Å². The van der Waals surface area contributed by atoms with Gasteiger partial charge in [-0.15, -0.1) is 0 Å². The maximum atomic E-state index is 12.4. The molecule has 116 valence electrons. The summed E-state index contributed by atoms with van der Waals surface area (Å²) in [6.07, 6.45) is 0.672. The Morgan fingerprint density at radius 1 is 1.18 bits per heavy atom. The molecule has 0 aliphatic carbocycles. The van der Waals surface area contributed by atoms with Crippen molar-refractivity contribution in [1.29, 1.82) is 0 Å². The first kappa shape index (κ1) is 16.4. The summed E-state index contributed by atoms with van der Waals surface area (Å²) in [6.45, 7) is 1.94. The number of benzene rings is 2. The molecule has 0 aromatic heterocycles. The fourth-order valence-corrected chi connectivity index (χ4v) is 3.48. The lowest BCUT2D eigenvalue weighted by Gasteiger charge is -2.16. The Hall–Kier alpha value is -1.98. The van der Waals surface area contributed by atoms with E-state index in [0.717, 1.165) is 5.56 Å². The van der Waals surface area contributed by atoms with E-state index >= 15 is 0 Å². The second-order valence-electron chi connectivity index (χ2n) is 4.75. The van der Waals surface area contributed by atoms with Crippen LogP contribution >= 0.6 is 0 Å². The maximum absolute atomic E-state index is 12.4. The third-order valence-corrected chi connectivity index (χ3v) is 4.79. The Balaban J connectivity index is 2.41. The molecule has 0 radical (unpaired) electrons. The van der Waals surface area contributed by atoms with Gasteiger partial charge in [0.25, 0.3) is 0 Å². The maximum Gasteiger partial charge on any atom is 0.339 e. The number of carboxylic acid groups (broad SMARTS) is 1. The molecule has 1 atom stereocenters. The molecule has 0 spiro atoms. The average Bonchev–Trinajstić information content (AvgIpc) is 2.54. The smallest absolute Gasteiger partial charge is 0.339 e. The topological polar surface area (TPSA) is 69.6 Å². The third-order valence-electron chi connectivity index (χ3n) is 3.42. The number of carbonyl (C=O) groups is 1. The predicted molar refractivity (Wildman–Crippen MR) is 85.9 cm³/mol. The minimum absolute atomic E-state index is 0.103. The molecule has 0 saturated heterocycles. The first-order chi connectivity index (χ1) is 10.6. The van der Waals surface area contributed by atoms with Gasteiger partial charge in [-0.2, -0.15) is 0 Å². The highest BCUT2D eigenvalue weighted by atomic mass is 32.2. The van der Waals surface area contributed by atoms with Crippen molar-refractivity contribution in [1.82, 2.24) is 0 Å². The Morgan fingerprint density at radius 2 is 1.82 bits per heavy atom. The van der Waals surface area contributed by atoms with Crippen molar-refractivity contribution in [3.05, 3.63) is 59.2 Å². The Morgan fingerprint density at radius 3 is 2.36 bits per heavy atom. The number of rotatable bonds is 6. The van der Waals surface area contributed by atoms with Crippen LogP contribution in [-0.4, -0.2) is 22.7 Å². The van der Waals surface area contributed by atoms with E-state index in [-0.39, 0.29) is 11.3 Å². The van der Waals surface area contributed by atoms with E-state index in [9.17, 15) is 14.5 Å². The highest BCUT2D eigenvalue weighted by Crippen LogP contribution is 2.30. The summed E-state index contributed by atoms with van der Waals surface area (Å²) in [6, 6.07) is 12.6. The molecule has 22 heavy (non-hydrogen) atoms. The molecule has 0 heterocycles. The van der Waals surface area contributed by atoms with Gasteiger partial charge >= 0.3 is 5.97 Å². The molecule has 0 aliphatic heterocycles. The lowest BCUT2D eigenvalue weighted by atomic mass is 10.0. The molecule has 0 saturated carbocycles. The van der Waals surface area contributed by atoms with Gasteiger partial charge in [-0.05, 0) is 35.3 Å². The van der Waals surface area contributed by atoms with Crippen LogP contribution in [0.2, 0.25) is 0 Å². The summed E-state index contributed by atoms with van der Waals surface area (Å²) in [5.74, 6) is -0.559. The molecule has 1 unspecified atom stereocenters. The lowest BCUT2D eigenvalue weighted by molar-refractivity contribution is 0.0692. The zero-order valence-electron chi connectivity index (χ0n) is 12.5. The van der Waals surface area contributed by atoms with E-state index in [0.29, 0.717) is 22.6 Å². The molecule has 0 aliphatic rings. The Kier molecular flexibility index (Phi) is 5.46. The van der Waals surface area contributed by atoms with Crippen molar-refractivity contribution in [3.63, 3.8) is 0 Å². The van der Waals surface area contributed by atoms with Gasteiger partial charge in [-0.3, -0.25) is 0 Å². The molecule has 0 amide bonds. The van der Waals surface area contributed by atoms with E-state index in [4.69, 9.17) is 4.74 Å².